The van der Waals surface area contributed by atoms with E-state index in [4.69, 9.17) is 4.42 Å². The molecule has 0 saturated heterocycles. The first-order valence-corrected chi connectivity index (χ1v) is 4.75. The molecule has 0 aliphatic carbocycles. The number of phenolic OH excluding ortho intramolecular Hbond substituents is 1. The minimum absolute atomic E-state index is 0.0432. The molecule has 0 fully saturated rings. The van der Waals surface area contributed by atoms with Gasteiger partial charge in [-0.05, 0) is 12.1 Å². The first kappa shape index (κ1) is 11.0. The van der Waals surface area contributed by atoms with Crippen LogP contribution < -0.4 is 10.9 Å². The van der Waals surface area contributed by atoms with Gasteiger partial charge in [0, 0.05) is 13.0 Å². The van der Waals surface area contributed by atoms with Crippen LogP contribution in [0.4, 0.5) is 5.69 Å². The standard InChI is InChI=1S/C11H9NO5/c1-5(13)12-9-10(15)7-3-2-6(14)4-8(7)17-11(9)16/h2-4,14-15H,1H3,(H,12,13). The second-order valence-corrected chi connectivity index (χ2v) is 3.47. The number of carbonyl (C=O) groups is 1. The summed E-state index contributed by atoms with van der Waals surface area (Å²) in [6, 6.07) is 3.92. The van der Waals surface area contributed by atoms with Gasteiger partial charge in [-0.15, -0.1) is 0 Å². The van der Waals surface area contributed by atoms with E-state index in [9.17, 15) is 19.8 Å². The summed E-state index contributed by atoms with van der Waals surface area (Å²) in [7, 11) is 0. The zero-order valence-corrected chi connectivity index (χ0v) is 8.85. The average molecular weight is 235 g/mol. The number of fused-ring (bicyclic) bond motifs is 1. The van der Waals surface area contributed by atoms with Crippen LogP contribution in [0, 0.1) is 0 Å². The molecule has 1 amide bonds. The van der Waals surface area contributed by atoms with Crippen molar-refractivity contribution in [3.63, 3.8) is 0 Å². The summed E-state index contributed by atoms with van der Waals surface area (Å²) in [5.74, 6) is -0.968. The number of nitrogens with one attached hydrogen (secondary N) is 1. The lowest BCUT2D eigenvalue weighted by Gasteiger charge is -2.06. The zero-order chi connectivity index (χ0) is 12.6. The first-order chi connectivity index (χ1) is 7.99. The van der Waals surface area contributed by atoms with E-state index in [1.54, 1.807) is 0 Å². The van der Waals surface area contributed by atoms with Crippen molar-refractivity contribution in [3.05, 3.63) is 28.6 Å². The Balaban J connectivity index is 2.76. The third kappa shape index (κ3) is 1.92. The van der Waals surface area contributed by atoms with Gasteiger partial charge in [0.05, 0.1) is 5.39 Å². The summed E-state index contributed by atoms with van der Waals surface area (Å²) in [6.07, 6.45) is 0. The zero-order valence-electron chi connectivity index (χ0n) is 8.85. The summed E-state index contributed by atoms with van der Waals surface area (Å²) in [5.41, 5.74) is -1.15. The van der Waals surface area contributed by atoms with Crippen molar-refractivity contribution in [2.24, 2.45) is 0 Å². The van der Waals surface area contributed by atoms with Crippen molar-refractivity contribution in [1.82, 2.24) is 0 Å². The largest absolute Gasteiger partial charge is 0.508 e. The maximum absolute atomic E-state index is 11.5. The predicted molar refractivity (Wildman–Crippen MR) is 60.1 cm³/mol. The molecule has 6 heteroatoms. The summed E-state index contributed by atoms with van der Waals surface area (Å²) in [4.78, 5) is 22.3. The van der Waals surface area contributed by atoms with Gasteiger partial charge in [0.1, 0.15) is 11.3 Å². The lowest BCUT2D eigenvalue weighted by atomic mass is 10.2. The van der Waals surface area contributed by atoms with E-state index in [2.05, 4.69) is 5.32 Å². The van der Waals surface area contributed by atoms with E-state index in [-0.39, 0.29) is 28.2 Å². The van der Waals surface area contributed by atoms with Gasteiger partial charge in [0.2, 0.25) is 5.91 Å². The molecule has 0 aliphatic rings. The van der Waals surface area contributed by atoms with Crippen LogP contribution >= 0.6 is 0 Å². The van der Waals surface area contributed by atoms with Gasteiger partial charge in [-0.25, -0.2) is 4.79 Å². The highest BCUT2D eigenvalue weighted by Crippen LogP contribution is 2.31. The van der Waals surface area contributed by atoms with Crippen LogP contribution in [-0.4, -0.2) is 16.1 Å². The normalized spacial score (nSPS) is 10.4. The topological polar surface area (TPSA) is 99.8 Å². The second kappa shape index (κ2) is 3.82. The Morgan fingerprint density at radius 1 is 1.35 bits per heavy atom. The molecule has 88 valence electrons. The number of amides is 1. The van der Waals surface area contributed by atoms with Crippen LogP contribution in [0.2, 0.25) is 0 Å². The third-order valence-electron chi connectivity index (χ3n) is 2.16. The molecule has 0 bridgehead atoms. The maximum Gasteiger partial charge on any atom is 0.364 e. The molecule has 1 aromatic carbocycles. The van der Waals surface area contributed by atoms with Gasteiger partial charge in [-0.1, -0.05) is 0 Å². The fourth-order valence-electron chi connectivity index (χ4n) is 1.46. The minimum Gasteiger partial charge on any atom is -0.508 e. The van der Waals surface area contributed by atoms with Gasteiger partial charge in [-0.2, -0.15) is 0 Å². The Morgan fingerprint density at radius 3 is 2.71 bits per heavy atom. The average Bonchev–Trinajstić information content (AvgIpc) is 2.23. The molecule has 0 atom stereocenters. The lowest BCUT2D eigenvalue weighted by molar-refractivity contribution is -0.114. The van der Waals surface area contributed by atoms with Gasteiger partial charge >= 0.3 is 5.63 Å². The fourth-order valence-corrected chi connectivity index (χ4v) is 1.46. The molecule has 3 N–H and O–H groups in total. The molecule has 0 saturated carbocycles. The summed E-state index contributed by atoms with van der Waals surface area (Å²) >= 11 is 0. The number of anilines is 1. The number of hydrogen-bond acceptors (Lipinski definition) is 5. The minimum atomic E-state index is -0.879. The predicted octanol–water partition coefficient (Wildman–Crippen LogP) is 1.16. The van der Waals surface area contributed by atoms with Crippen molar-refractivity contribution < 1.29 is 19.4 Å². The molecule has 6 nitrogen and oxygen atoms in total. The van der Waals surface area contributed by atoms with Gasteiger partial charge < -0.3 is 19.9 Å². The highest BCUT2D eigenvalue weighted by atomic mass is 16.4. The molecule has 0 aliphatic heterocycles. The van der Waals surface area contributed by atoms with E-state index in [0.717, 1.165) is 0 Å². The molecule has 1 aromatic heterocycles. The smallest absolute Gasteiger partial charge is 0.364 e. The van der Waals surface area contributed by atoms with Crippen LogP contribution in [0.5, 0.6) is 11.5 Å². The molecular weight excluding hydrogens is 226 g/mol. The Kier molecular flexibility index (Phi) is 2.47. The van der Waals surface area contributed by atoms with E-state index in [0.29, 0.717) is 0 Å². The monoisotopic (exact) mass is 235 g/mol. The van der Waals surface area contributed by atoms with E-state index in [1.165, 1.54) is 25.1 Å². The summed E-state index contributed by atoms with van der Waals surface area (Å²) in [5, 5.41) is 21.4. The summed E-state index contributed by atoms with van der Waals surface area (Å²) < 4.78 is 4.87. The Bertz CT molecular complexity index is 659. The first-order valence-electron chi connectivity index (χ1n) is 4.75. The van der Waals surface area contributed by atoms with E-state index in [1.807, 2.05) is 0 Å². The highest BCUT2D eigenvalue weighted by Gasteiger charge is 2.14. The maximum atomic E-state index is 11.5. The van der Waals surface area contributed by atoms with E-state index < -0.39 is 11.5 Å². The number of hydrogen-bond donors (Lipinski definition) is 3. The van der Waals surface area contributed by atoms with Crippen molar-refractivity contribution >= 4 is 22.6 Å². The van der Waals surface area contributed by atoms with Gasteiger partial charge in [0.25, 0.3) is 0 Å². The van der Waals surface area contributed by atoms with E-state index >= 15 is 0 Å². The van der Waals surface area contributed by atoms with Crippen LogP contribution in [0.1, 0.15) is 6.92 Å². The molecule has 2 aromatic rings. The molecule has 0 spiro atoms. The third-order valence-corrected chi connectivity index (χ3v) is 2.16. The number of phenols is 1. The Hall–Kier alpha value is -2.50. The quantitative estimate of drug-likeness (QED) is 0.644. The van der Waals surface area contributed by atoms with Crippen LogP contribution in [0.15, 0.2) is 27.4 Å². The van der Waals surface area contributed by atoms with Crippen LogP contribution in [0.25, 0.3) is 11.0 Å². The fraction of sp³-hybridized carbons (Fsp3) is 0.0909. The Labute approximate surface area is 95.1 Å². The van der Waals surface area contributed by atoms with Gasteiger partial charge in [0.15, 0.2) is 11.4 Å². The van der Waals surface area contributed by atoms with Crippen molar-refractivity contribution in [2.75, 3.05) is 5.32 Å². The number of benzene rings is 1. The van der Waals surface area contributed by atoms with Gasteiger partial charge in [-0.3, -0.25) is 4.79 Å². The lowest BCUT2D eigenvalue weighted by Crippen LogP contribution is -2.14. The second-order valence-electron chi connectivity index (χ2n) is 3.47. The van der Waals surface area contributed by atoms with Crippen LogP contribution in [0.3, 0.4) is 0 Å². The van der Waals surface area contributed by atoms with Crippen molar-refractivity contribution in [1.29, 1.82) is 0 Å². The number of carbonyl (C=O) groups excluding carboxylic acids is 1. The highest BCUT2D eigenvalue weighted by molar-refractivity contribution is 5.95. The molecule has 0 radical (unpaired) electrons. The summed E-state index contributed by atoms with van der Waals surface area (Å²) in [6.45, 7) is 1.21. The van der Waals surface area contributed by atoms with Crippen LogP contribution in [-0.2, 0) is 4.79 Å². The number of aromatic hydroxyl groups is 2. The molecule has 17 heavy (non-hydrogen) atoms. The SMILES string of the molecule is CC(=O)Nc1c(O)c2ccc(O)cc2oc1=O. The molecular formula is C11H9NO5. The van der Waals surface area contributed by atoms with Crippen molar-refractivity contribution in [3.8, 4) is 11.5 Å². The Morgan fingerprint density at radius 2 is 2.06 bits per heavy atom. The van der Waals surface area contributed by atoms with Crippen molar-refractivity contribution in [2.45, 2.75) is 6.92 Å². The molecule has 1 heterocycles. The molecule has 0 unspecified atom stereocenters. The number of rotatable bonds is 1. The molecule has 2 rings (SSSR count).